The minimum absolute atomic E-state index is 0.0240. The van der Waals surface area contributed by atoms with Crippen molar-refractivity contribution in [3.63, 3.8) is 0 Å². The fourth-order valence-electron chi connectivity index (χ4n) is 1.59. The highest BCUT2D eigenvalue weighted by Gasteiger charge is 2.30. The predicted molar refractivity (Wildman–Crippen MR) is 84.1 cm³/mol. The number of nitrogens with zero attached hydrogens (tertiary/aromatic N) is 1. The lowest BCUT2D eigenvalue weighted by Crippen LogP contribution is -2.05. The molecule has 2 rings (SSSR count). The van der Waals surface area contributed by atoms with Gasteiger partial charge in [-0.2, -0.15) is 18.3 Å². The highest BCUT2D eigenvalue weighted by molar-refractivity contribution is 6.38. The van der Waals surface area contributed by atoms with Crippen molar-refractivity contribution in [3.05, 3.63) is 62.6 Å². The zero-order valence-electron chi connectivity index (χ0n) is 10.8. The molecule has 0 atom stereocenters. The third kappa shape index (κ3) is 4.06. The van der Waals surface area contributed by atoms with Crippen molar-refractivity contribution in [2.75, 3.05) is 5.43 Å². The van der Waals surface area contributed by atoms with E-state index in [0.29, 0.717) is 15.6 Å². The summed E-state index contributed by atoms with van der Waals surface area (Å²) in [6, 6.07) is 7.80. The second-order valence-electron chi connectivity index (χ2n) is 4.20. The first-order valence-corrected chi connectivity index (χ1v) is 7.02. The number of alkyl halides is 3. The molecule has 22 heavy (non-hydrogen) atoms. The summed E-state index contributed by atoms with van der Waals surface area (Å²) in [6.45, 7) is 0. The molecule has 0 spiro atoms. The van der Waals surface area contributed by atoms with Crippen molar-refractivity contribution < 1.29 is 13.2 Å². The van der Waals surface area contributed by atoms with E-state index in [1.165, 1.54) is 6.21 Å². The van der Waals surface area contributed by atoms with Crippen LogP contribution in [-0.2, 0) is 6.18 Å². The van der Waals surface area contributed by atoms with Gasteiger partial charge < -0.3 is 0 Å². The van der Waals surface area contributed by atoms with E-state index >= 15 is 0 Å². The van der Waals surface area contributed by atoms with Gasteiger partial charge in [-0.3, -0.25) is 5.43 Å². The lowest BCUT2D eigenvalue weighted by molar-refractivity contribution is -0.137. The van der Waals surface area contributed by atoms with Crippen molar-refractivity contribution in [1.29, 1.82) is 0 Å². The Bertz CT molecular complexity index is 695. The Morgan fingerprint density at radius 1 is 0.955 bits per heavy atom. The third-order valence-electron chi connectivity index (χ3n) is 2.67. The SMILES string of the molecule is FC(F)(F)c1ccc(Cl)c(NN=Cc2c(Cl)cccc2Cl)c1. The molecule has 0 fully saturated rings. The molecule has 116 valence electrons. The van der Waals surface area contributed by atoms with Crippen LogP contribution in [0.15, 0.2) is 41.5 Å². The van der Waals surface area contributed by atoms with Crippen molar-refractivity contribution in [3.8, 4) is 0 Å². The fraction of sp³-hybridized carbons (Fsp3) is 0.0714. The standard InChI is InChI=1S/C14H8Cl3F3N2/c15-10-2-1-3-11(16)9(10)7-21-22-13-6-8(14(18,19)20)4-5-12(13)17/h1-7,22H. The molecular weight excluding hydrogens is 360 g/mol. The van der Waals surface area contributed by atoms with Crippen molar-refractivity contribution in [1.82, 2.24) is 0 Å². The zero-order valence-corrected chi connectivity index (χ0v) is 13.0. The van der Waals surface area contributed by atoms with E-state index in [1.54, 1.807) is 18.2 Å². The monoisotopic (exact) mass is 366 g/mol. The van der Waals surface area contributed by atoms with Crippen molar-refractivity contribution >= 4 is 46.7 Å². The Kier molecular flexibility index (Phi) is 5.21. The molecule has 0 saturated heterocycles. The molecule has 0 aromatic heterocycles. The van der Waals surface area contributed by atoms with E-state index < -0.39 is 11.7 Å². The Balaban J connectivity index is 2.23. The number of hydrogen-bond donors (Lipinski definition) is 1. The van der Waals surface area contributed by atoms with Gasteiger partial charge in [0.2, 0.25) is 0 Å². The van der Waals surface area contributed by atoms with Crippen LogP contribution < -0.4 is 5.43 Å². The molecule has 0 aliphatic heterocycles. The maximum absolute atomic E-state index is 12.6. The normalized spacial score (nSPS) is 11.9. The van der Waals surface area contributed by atoms with Crippen LogP contribution in [0, 0.1) is 0 Å². The molecule has 2 aromatic rings. The van der Waals surface area contributed by atoms with Gasteiger partial charge in [0.25, 0.3) is 0 Å². The molecule has 2 nitrogen and oxygen atoms in total. The van der Waals surface area contributed by atoms with Gasteiger partial charge in [-0.25, -0.2) is 0 Å². The fourth-order valence-corrected chi connectivity index (χ4v) is 2.24. The molecule has 8 heteroatoms. The topological polar surface area (TPSA) is 24.4 Å². The van der Waals surface area contributed by atoms with E-state index in [4.69, 9.17) is 34.8 Å². The Labute approximate surface area is 139 Å². The lowest BCUT2D eigenvalue weighted by atomic mass is 10.2. The van der Waals surface area contributed by atoms with Crippen LogP contribution in [0.3, 0.4) is 0 Å². The van der Waals surface area contributed by atoms with E-state index in [2.05, 4.69) is 10.5 Å². The highest BCUT2D eigenvalue weighted by Crippen LogP contribution is 2.33. The zero-order chi connectivity index (χ0) is 16.3. The number of benzene rings is 2. The summed E-state index contributed by atoms with van der Waals surface area (Å²) in [5.41, 5.74) is 2.09. The average molecular weight is 368 g/mol. The first-order valence-electron chi connectivity index (χ1n) is 5.89. The number of hydrogen-bond acceptors (Lipinski definition) is 2. The third-order valence-corrected chi connectivity index (χ3v) is 3.66. The summed E-state index contributed by atoms with van der Waals surface area (Å²) in [6.07, 6.45) is -3.15. The summed E-state index contributed by atoms with van der Waals surface area (Å²) in [5.74, 6) is 0. The van der Waals surface area contributed by atoms with E-state index in [1.807, 2.05) is 0 Å². The molecule has 0 bridgehead atoms. The number of nitrogens with one attached hydrogen (secondary N) is 1. The van der Waals surface area contributed by atoms with Gasteiger partial charge in [0.15, 0.2) is 0 Å². The summed E-state index contributed by atoms with van der Waals surface area (Å²) in [7, 11) is 0. The molecule has 0 amide bonds. The average Bonchev–Trinajstić information content (AvgIpc) is 2.42. The van der Waals surface area contributed by atoms with Crippen molar-refractivity contribution in [2.45, 2.75) is 6.18 Å². The first kappa shape index (κ1) is 16.9. The van der Waals surface area contributed by atoms with Crippen LogP contribution in [0.5, 0.6) is 0 Å². The first-order chi connectivity index (χ1) is 10.3. The van der Waals surface area contributed by atoms with Crippen LogP contribution in [0.2, 0.25) is 15.1 Å². The summed E-state index contributed by atoms with van der Waals surface area (Å²) < 4.78 is 37.9. The molecule has 0 heterocycles. The van der Waals surface area contributed by atoms with Crippen molar-refractivity contribution in [2.24, 2.45) is 5.10 Å². The lowest BCUT2D eigenvalue weighted by Gasteiger charge is -2.10. The molecule has 0 aliphatic carbocycles. The molecule has 2 aromatic carbocycles. The minimum atomic E-state index is -4.46. The van der Waals surface area contributed by atoms with Crippen LogP contribution in [0.25, 0.3) is 0 Å². The summed E-state index contributed by atoms with van der Waals surface area (Å²) in [4.78, 5) is 0. The second kappa shape index (κ2) is 6.77. The Morgan fingerprint density at radius 2 is 1.59 bits per heavy atom. The maximum atomic E-state index is 12.6. The van der Waals surface area contributed by atoms with Gasteiger partial charge >= 0.3 is 6.18 Å². The molecular formula is C14H8Cl3F3N2. The van der Waals surface area contributed by atoms with Crippen LogP contribution in [0.1, 0.15) is 11.1 Å². The van der Waals surface area contributed by atoms with Gasteiger partial charge in [0, 0.05) is 5.56 Å². The quantitative estimate of drug-likeness (QED) is 0.513. The van der Waals surface area contributed by atoms with Gasteiger partial charge in [0.1, 0.15) is 0 Å². The molecule has 0 aliphatic rings. The largest absolute Gasteiger partial charge is 0.416 e. The number of hydrazone groups is 1. The van der Waals surface area contributed by atoms with Gasteiger partial charge in [-0.05, 0) is 30.3 Å². The number of anilines is 1. The van der Waals surface area contributed by atoms with E-state index in [-0.39, 0.29) is 10.7 Å². The molecule has 0 saturated carbocycles. The van der Waals surface area contributed by atoms with E-state index in [9.17, 15) is 13.2 Å². The van der Waals surface area contributed by atoms with Gasteiger partial charge in [-0.15, -0.1) is 0 Å². The summed E-state index contributed by atoms with van der Waals surface area (Å²) >= 11 is 17.7. The molecule has 1 N–H and O–H groups in total. The van der Waals surface area contributed by atoms with Crippen LogP contribution >= 0.6 is 34.8 Å². The predicted octanol–water partition coefficient (Wildman–Crippen LogP) is 6.11. The van der Waals surface area contributed by atoms with Crippen LogP contribution in [0.4, 0.5) is 18.9 Å². The van der Waals surface area contributed by atoms with Gasteiger partial charge in [-0.1, -0.05) is 40.9 Å². The summed E-state index contributed by atoms with van der Waals surface area (Å²) in [5, 5.41) is 4.67. The van der Waals surface area contributed by atoms with Crippen LogP contribution in [-0.4, -0.2) is 6.21 Å². The van der Waals surface area contributed by atoms with E-state index in [0.717, 1.165) is 18.2 Å². The molecule has 0 radical (unpaired) electrons. The number of rotatable bonds is 3. The Morgan fingerprint density at radius 3 is 2.18 bits per heavy atom. The molecule has 0 unspecified atom stereocenters. The maximum Gasteiger partial charge on any atom is 0.416 e. The Hall–Kier alpha value is -1.43. The van der Waals surface area contributed by atoms with Gasteiger partial charge in [0.05, 0.1) is 32.5 Å². The minimum Gasteiger partial charge on any atom is -0.277 e. The number of halogens is 6. The highest BCUT2D eigenvalue weighted by atomic mass is 35.5. The smallest absolute Gasteiger partial charge is 0.277 e. The second-order valence-corrected chi connectivity index (χ2v) is 5.42.